The molecule has 3 aromatic rings. The second-order valence-corrected chi connectivity index (χ2v) is 7.58. The first-order chi connectivity index (χ1) is 15.4. The lowest BCUT2D eigenvalue weighted by Gasteiger charge is -2.15. The Balaban J connectivity index is 1.82. The molecule has 0 aliphatic carbocycles. The lowest BCUT2D eigenvalue weighted by Crippen LogP contribution is -2.32. The number of hydrogen-bond acceptors (Lipinski definition) is 4. The molecule has 1 aliphatic rings. The summed E-state index contributed by atoms with van der Waals surface area (Å²) in [6.07, 6.45) is 0. The highest BCUT2D eigenvalue weighted by Gasteiger charge is 2.40. The number of imide groups is 1. The van der Waals surface area contributed by atoms with Crippen molar-refractivity contribution in [2.45, 2.75) is 20.8 Å². The first-order valence-electron chi connectivity index (χ1n) is 10.3. The Morgan fingerprint density at radius 1 is 0.938 bits per heavy atom. The van der Waals surface area contributed by atoms with Crippen LogP contribution >= 0.6 is 0 Å². The molecule has 0 spiro atoms. The number of carbonyl (C=O) groups excluding carboxylic acids is 2. The van der Waals surface area contributed by atoms with E-state index in [9.17, 15) is 14.0 Å². The zero-order chi connectivity index (χ0) is 22.8. The van der Waals surface area contributed by atoms with E-state index in [1.807, 2.05) is 51.1 Å². The molecule has 0 saturated carbocycles. The summed E-state index contributed by atoms with van der Waals surface area (Å²) in [5, 5.41) is 3.13. The Morgan fingerprint density at radius 2 is 1.69 bits per heavy atom. The van der Waals surface area contributed by atoms with Gasteiger partial charge in [0.2, 0.25) is 0 Å². The van der Waals surface area contributed by atoms with Crippen LogP contribution in [0.1, 0.15) is 23.6 Å². The largest absolute Gasteiger partial charge is 0.494 e. The van der Waals surface area contributed by atoms with Crippen molar-refractivity contribution in [3.8, 4) is 5.75 Å². The topological polar surface area (TPSA) is 58.6 Å². The number of aryl methyl sites for hydroxylation is 2. The van der Waals surface area contributed by atoms with E-state index in [0.29, 0.717) is 29.3 Å². The fourth-order valence-electron chi connectivity index (χ4n) is 3.79. The van der Waals surface area contributed by atoms with Crippen LogP contribution < -0.4 is 15.0 Å². The summed E-state index contributed by atoms with van der Waals surface area (Å²) in [5.74, 6) is -0.754. The van der Waals surface area contributed by atoms with Gasteiger partial charge in [-0.2, -0.15) is 0 Å². The average molecular weight is 430 g/mol. The van der Waals surface area contributed by atoms with Gasteiger partial charge in [0, 0.05) is 11.8 Å². The van der Waals surface area contributed by atoms with Crippen LogP contribution in [0.3, 0.4) is 0 Å². The second-order valence-electron chi connectivity index (χ2n) is 7.58. The van der Waals surface area contributed by atoms with Gasteiger partial charge in [0.15, 0.2) is 0 Å². The van der Waals surface area contributed by atoms with Crippen molar-refractivity contribution in [3.05, 3.63) is 94.9 Å². The minimum absolute atomic E-state index is 0.167. The number of rotatable bonds is 6. The van der Waals surface area contributed by atoms with E-state index < -0.39 is 17.6 Å². The maximum Gasteiger partial charge on any atom is 0.282 e. The van der Waals surface area contributed by atoms with E-state index in [4.69, 9.17) is 4.74 Å². The fraction of sp³-hybridized carbons (Fsp3) is 0.154. The van der Waals surface area contributed by atoms with Crippen molar-refractivity contribution in [3.63, 3.8) is 0 Å². The van der Waals surface area contributed by atoms with Crippen molar-refractivity contribution in [1.82, 2.24) is 0 Å². The number of amides is 2. The van der Waals surface area contributed by atoms with Gasteiger partial charge < -0.3 is 10.1 Å². The second kappa shape index (κ2) is 8.67. The third-order valence-corrected chi connectivity index (χ3v) is 5.23. The van der Waals surface area contributed by atoms with Gasteiger partial charge in [-0.15, -0.1) is 0 Å². The first kappa shape index (κ1) is 21.3. The lowest BCUT2D eigenvalue weighted by atomic mass is 9.97. The van der Waals surface area contributed by atoms with Gasteiger partial charge >= 0.3 is 0 Å². The number of carbonyl (C=O) groups is 2. The number of nitrogens with zero attached hydrogens (tertiary/aromatic N) is 1. The summed E-state index contributed by atoms with van der Waals surface area (Å²) in [7, 11) is 0. The predicted molar refractivity (Wildman–Crippen MR) is 123 cm³/mol. The Morgan fingerprint density at radius 3 is 2.38 bits per heavy atom. The Labute approximate surface area is 186 Å². The summed E-state index contributed by atoms with van der Waals surface area (Å²) in [5.41, 5.74) is 3.97. The molecule has 3 aromatic carbocycles. The molecule has 2 amide bonds. The van der Waals surface area contributed by atoms with Crippen molar-refractivity contribution in [2.24, 2.45) is 0 Å². The molecule has 32 heavy (non-hydrogen) atoms. The molecular formula is C26H23FN2O3. The smallest absolute Gasteiger partial charge is 0.282 e. The molecule has 1 heterocycles. The van der Waals surface area contributed by atoms with Gasteiger partial charge in [-0.1, -0.05) is 29.8 Å². The quantitative estimate of drug-likeness (QED) is 0.544. The minimum atomic E-state index is -0.501. The molecular weight excluding hydrogens is 407 g/mol. The molecule has 1 N–H and O–H groups in total. The molecule has 0 saturated heterocycles. The molecule has 162 valence electrons. The summed E-state index contributed by atoms with van der Waals surface area (Å²) in [6, 6.07) is 18.2. The highest BCUT2D eigenvalue weighted by atomic mass is 19.1. The zero-order valence-electron chi connectivity index (χ0n) is 18.1. The normalized spacial score (nSPS) is 13.7. The molecule has 4 rings (SSSR count). The van der Waals surface area contributed by atoms with E-state index in [1.165, 1.54) is 24.3 Å². The minimum Gasteiger partial charge on any atom is -0.494 e. The molecule has 6 heteroatoms. The van der Waals surface area contributed by atoms with Crippen LogP contribution in [0.15, 0.2) is 72.4 Å². The Kier molecular flexibility index (Phi) is 5.77. The predicted octanol–water partition coefficient (Wildman–Crippen LogP) is 5.24. The fourth-order valence-corrected chi connectivity index (χ4v) is 3.79. The highest BCUT2D eigenvalue weighted by Crippen LogP contribution is 2.35. The van der Waals surface area contributed by atoms with Crippen molar-refractivity contribution in [1.29, 1.82) is 0 Å². The van der Waals surface area contributed by atoms with Gasteiger partial charge in [0.1, 0.15) is 17.3 Å². The molecule has 0 fully saturated rings. The van der Waals surface area contributed by atoms with Crippen LogP contribution in [0.25, 0.3) is 5.57 Å². The summed E-state index contributed by atoms with van der Waals surface area (Å²) in [4.78, 5) is 28.0. The van der Waals surface area contributed by atoms with Crippen molar-refractivity contribution in [2.75, 3.05) is 16.8 Å². The molecule has 0 atom stereocenters. The van der Waals surface area contributed by atoms with E-state index >= 15 is 0 Å². The number of anilines is 2. The average Bonchev–Trinajstić information content (AvgIpc) is 2.99. The molecule has 1 aliphatic heterocycles. The maximum atomic E-state index is 13.5. The number of hydrogen-bond donors (Lipinski definition) is 1. The van der Waals surface area contributed by atoms with E-state index in [1.54, 1.807) is 12.1 Å². The SMILES string of the molecule is CCOc1cccc(NC2=C(c3ccc(C)cc3C)C(=O)N(c3ccc(F)cc3)C2=O)c1. The third kappa shape index (κ3) is 3.99. The molecule has 0 bridgehead atoms. The van der Waals surface area contributed by atoms with Crippen molar-refractivity contribution < 1.29 is 18.7 Å². The van der Waals surface area contributed by atoms with Crippen LogP contribution in [0, 0.1) is 19.7 Å². The van der Waals surface area contributed by atoms with E-state index in [2.05, 4.69) is 5.32 Å². The number of ether oxygens (including phenoxy) is 1. The van der Waals surface area contributed by atoms with Gasteiger partial charge in [-0.25, -0.2) is 9.29 Å². The van der Waals surface area contributed by atoms with Crippen LogP contribution in [0.5, 0.6) is 5.75 Å². The lowest BCUT2D eigenvalue weighted by molar-refractivity contribution is -0.120. The van der Waals surface area contributed by atoms with Gasteiger partial charge in [-0.3, -0.25) is 9.59 Å². The number of benzene rings is 3. The van der Waals surface area contributed by atoms with Crippen LogP contribution in [-0.4, -0.2) is 18.4 Å². The Hall–Kier alpha value is -3.93. The van der Waals surface area contributed by atoms with Gasteiger partial charge in [0.25, 0.3) is 11.8 Å². The monoisotopic (exact) mass is 430 g/mol. The zero-order valence-corrected chi connectivity index (χ0v) is 18.1. The summed E-state index contributed by atoms with van der Waals surface area (Å²) in [6.45, 7) is 6.27. The summed E-state index contributed by atoms with van der Waals surface area (Å²) >= 11 is 0. The van der Waals surface area contributed by atoms with Crippen molar-refractivity contribution >= 4 is 28.8 Å². The Bertz CT molecular complexity index is 1230. The van der Waals surface area contributed by atoms with Crippen LogP contribution in [0.2, 0.25) is 0 Å². The molecule has 0 unspecified atom stereocenters. The highest BCUT2D eigenvalue weighted by molar-refractivity contribution is 6.46. The van der Waals surface area contributed by atoms with E-state index in [-0.39, 0.29) is 11.3 Å². The molecule has 0 radical (unpaired) electrons. The standard InChI is InChI=1S/C26H23FN2O3/c1-4-32-21-7-5-6-19(15-21)28-24-23(22-13-8-16(2)14-17(22)3)25(30)29(26(24)31)20-11-9-18(27)10-12-20/h5-15,28H,4H2,1-3H3. The molecule has 5 nitrogen and oxygen atoms in total. The van der Waals surface area contributed by atoms with Crippen LogP contribution in [0.4, 0.5) is 15.8 Å². The number of halogens is 1. The van der Waals surface area contributed by atoms with E-state index in [0.717, 1.165) is 16.0 Å². The summed E-state index contributed by atoms with van der Waals surface area (Å²) < 4.78 is 19.0. The maximum absolute atomic E-state index is 13.5. The van der Waals surface area contributed by atoms with Crippen LogP contribution in [-0.2, 0) is 9.59 Å². The van der Waals surface area contributed by atoms with Gasteiger partial charge in [0.05, 0.1) is 17.9 Å². The first-order valence-corrected chi connectivity index (χ1v) is 10.3. The van der Waals surface area contributed by atoms with Gasteiger partial charge in [-0.05, 0) is 68.3 Å². The molecule has 0 aromatic heterocycles. The third-order valence-electron chi connectivity index (χ3n) is 5.23. The number of nitrogens with one attached hydrogen (secondary N) is 1.